The number of aromatic carboxylic acids is 1. The van der Waals surface area contributed by atoms with Crippen LogP contribution in [0.2, 0.25) is 0 Å². The SMILES string of the molecule is COC1(CNC(=O)Nc2cccnc2C(=O)O)CCC1. The van der Waals surface area contributed by atoms with Gasteiger partial charge in [0.15, 0.2) is 5.69 Å². The van der Waals surface area contributed by atoms with Gasteiger partial charge in [-0.1, -0.05) is 0 Å². The lowest BCUT2D eigenvalue weighted by Gasteiger charge is -2.40. The average Bonchev–Trinajstić information content (AvgIpc) is 2.38. The molecule has 7 nitrogen and oxygen atoms in total. The largest absolute Gasteiger partial charge is 0.476 e. The van der Waals surface area contributed by atoms with Gasteiger partial charge in [0.05, 0.1) is 11.3 Å². The summed E-state index contributed by atoms with van der Waals surface area (Å²) < 4.78 is 5.39. The van der Waals surface area contributed by atoms with E-state index in [0.29, 0.717) is 6.54 Å². The van der Waals surface area contributed by atoms with Gasteiger partial charge in [-0.05, 0) is 31.4 Å². The lowest BCUT2D eigenvalue weighted by Crippen LogP contribution is -2.50. The normalized spacial score (nSPS) is 16.1. The molecule has 1 aliphatic carbocycles. The van der Waals surface area contributed by atoms with Crippen LogP contribution in [0.25, 0.3) is 0 Å². The number of pyridine rings is 1. The number of carbonyl (C=O) groups excluding carboxylic acids is 1. The van der Waals surface area contributed by atoms with Gasteiger partial charge in [-0.15, -0.1) is 0 Å². The molecule has 0 atom stereocenters. The number of amides is 2. The minimum absolute atomic E-state index is 0.164. The third kappa shape index (κ3) is 3.05. The minimum atomic E-state index is -1.19. The molecule has 0 spiro atoms. The number of carboxylic acid groups (broad SMARTS) is 1. The zero-order valence-corrected chi connectivity index (χ0v) is 11.2. The van der Waals surface area contributed by atoms with Crippen molar-refractivity contribution in [1.29, 1.82) is 0 Å². The van der Waals surface area contributed by atoms with Gasteiger partial charge in [0.1, 0.15) is 0 Å². The van der Waals surface area contributed by atoms with E-state index in [-0.39, 0.29) is 17.0 Å². The molecule has 0 aliphatic heterocycles. The summed E-state index contributed by atoms with van der Waals surface area (Å²) in [5.41, 5.74) is -0.299. The maximum absolute atomic E-state index is 11.8. The Morgan fingerprint density at radius 1 is 1.50 bits per heavy atom. The fourth-order valence-corrected chi connectivity index (χ4v) is 2.11. The van der Waals surface area contributed by atoms with Gasteiger partial charge in [0.25, 0.3) is 0 Å². The van der Waals surface area contributed by atoms with Crippen LogP contribution >= 0.6 is 0 Å². The molecule has 7 heteroatoms. The highest BCUT2D eigenvalue weighted by Crippen LogP contribution is 2.34. The number of nitrogens with zero attached hydrogens (tertiary/aromatic N) is 1. The molecule has 20 heavy (non-hydrogen) atoms. The third-order valence-electron chi connectivity index (χ3n) is 3.53. The van der Waals surface area contributed by atoms with Gasteiger partial charge in [-0.25, -0.2) is 14.6 Å². The van der Waals surface area contributed by atoms with Gasteiger partial charge < -0.3 is 20.5 Å². The number of anilines is 1. The van der Waals surface area contributed by atoms with E-state index < -0.39 is 12.0 Å². The number of hydrogen-bond donors (Lipinski definition) is 3. The number of carboxylic acids is 1. The second kappa shape index (κ2) is 5.87. The maximum atomic E-state index is 11.8. The molecule has 1 heterocycles. The smallest absolute Gasteiger partial charge is 0.356 e. The zero-order valence-electron chi connectivity index (χ0n) is 11.2. The summed E-state index contributed by atoms with van der Waals surface area (Å²) in [4.78, 5) is 26.5. The standard InChI is InChI=1S/C13H17N3O4/c1-20-13(5-3-6-13)8-15-12(19)16-9-4-2-7-14-10(9)11(17)18/h2,4,7H,3,5-6,8H2,1H3,(H,17,18)(H2,15,16,19). The van der Waals surface area contributed by atoms with Crippen molar-refractivity contribution in [2.45, 2.75) is 24.9 Å². The fraction of sp³-hybridized carbons (Fsp3) is 0.462. The topological polar surface area (TPSA) is 101 Å². The van der Waals surface area contributed by atoms with Crippen LogP contribution < -0.4 is 10.6 Å². The highest BCUT2D eigenvalue weighted by atomic mass is 16.5. The van der Waals surface area contributed by atoms with Gasteiger partial charge in [-0.2, -0.15) is 0 Å². The lowest BCUT2D eigenvalue weighted by molar-refractivity contribution is -0.0671. The summed E-state index contributed by atoms with van der Waals surface area (Å²) in [5, 5.41) is 14.2. The highest BCUT2D eigenvalue weighted by molar-refractivity contribution is 5.98. The van der Waals surface area contributed by atoms with Crippen molar-refractivity contribution in [2.24, 2.45) is 0 Å². The molecule has 1 fully saturated rings. The number of urea groups is 1. The van der Waals surface area contributed by atoms with Crippen LogP contribution in [0.4, 0.5) is 10.5 Å². The molecule has 1 saturated carbocycles. The van der Waals surface area contributed by atoms with Gasteiger partial charge in [0.2, 0.25) is 0 Å². The lowest BCUT2D eigenvalue weighted by atomic mass is 9.80. The van der Waals surface area contributed by atoms with Crippen LogP contribution in [0.3, 0.4) is 0 Å². The predicted molar refractivity (Wildman–Crippen MR) is 71.8 cm³/mol. The monoisotopic (exact) mass is 279 g/mol. The van der Waals surface area contributed by atoms with Crippen molar-refractivity contribution < 1.29 is 19.4 Å². The molecule has 1 aromatic heterocycles. The molecule has 3 N–H and O–H groups in total. The summed E-state index contributed by atoms with van der Waals surface area (Å²) in [5.74, 6) is -1.19. The molecule has 0 radical (unpaired) electrons. The summed E-state index contributed by atoms with van der Waals surface area (Å²) in [6.07, 6.45) is 4.28. The van der Waals surface area contributed by atoms with Crippen molar-refractivity contribution in [3.8, 4) is 0 Å². The molecular formula is C13H17N3O4. The van der Waals surface area contributed by atoms with Crippen LogP contribution in [-0.2, 0) is 4.74 Å². The Balaban J connectivity index is 1.93. The van der Waals surface area contributed by atoms with Crippen molar-refractivity contribution in [1.82, 2.24) is 10.3 Å². The number of ether oxygens (including phenoxy) is 1. The zero-order chi connectivity index (χ0) is 14.6. The van der Waals surface area contributed by atoms with E-state index >= 15 is 0 Å². The number of aromatic nitrogens is 1. The van der Waals surface area contributed by atoms with Crippen molar-refractivity contribution in [2.75, 3.05) is 19.0 Å². The quantitative estimate of drug-likeness (QED) is 0.757. The average molecular weight is 279 g/mol. The van der Waals surface area contributed by atoms with Crippen LogP contribution in [0.15, 0.2) is 18.3 Å². The Hall–Kier alpha value is -2.15. The fourth-order valence-electron chi connectivity index (χ4n) is 2.11. The molecule has 1 aliphatic rings. The number of methoxy groups -OCH3 is 1. The minimum Gasteiger partial charge on any atom is -0.476 e. The molecule has 0 unspecified atom stereocenters. The Kier molecular flexibility index (Phi) is 4.19. The second-order valence-electron chi connectivity index (χ2n) is 4.75. The van der Waals surface area contributed by atoms with E-state index in [1.165, 1.54) is 12.3 Å². The molecule has 108 valence electrons. The Bertz CT molecular complexity index is 509. The van der Waals surface area contributed by atoms with Crippen molar-refractivity contribution in [3.63, 3.8) is 0 Å². The first-order chi connectivity index (χ1) is 9.56. The summed E-state index contributed by atoms with van der Waals surface area (Å²) in [7, 11) is 1.63. The van der Waals surface area contributed by atoms with Crippen molar-refractivity contribution >= 4 is 17.7 Å². The number of hydrogen-bond acceptors (Lipinski definition) is 4. The first-order valence-electron chi connectivity index (χ1n) is 6.35. The third-order valence-corrected chi connectivity index (χ3v) is 3.53. The van der Waals surface area contributed by atoms with Gasteiger partial charge in [-0.3, -0.25) is 0 Å². The first kappa shape index (κ1) is 14.3. The van der Waals surface area contributed by atoms with Crippen LogP contribution in [0.5, 0.6) is 0 Å². The van der Waals surface area contributed by atoms with E-state index in [1.807, 2.05) is 0 Å². The number of carbonyl (C=O) groups is 2. The van der Waals surface area contributed by atoms with Crippen LogP contribution in [0, 0.1) is 0 Å². The van der Waals surface area contributed by atoms with Crippen LogP contribution in [0.1, 0.15) is 29.8 Å². The highest BCUT2D eigenvalue weighted by Gasteiger charge is 2.37. The summed E-state index contributed by atoms with van der Waals surface area (Å²) in [6.45, 7) is 0.401. The van der Waals surface area contributed by atoms with Gasteiger partial charge >= 0.3 is 12.0 Å². The number of nitrogens with one attached hydrogen (secondary N) is 2. The summed E-state index contributed by atoms with van der Waals surface area (Å²) in [6, 6.07) is 2.58. The molecule has 1 aromatic rings. The molecule has 0 bridgehead atoms. The number of rotatable bonds is 5. The molecule has 0 saturated heterocycles. The van der Waals surface area contributed by atoms with E-state index in [4.69, 9.17) is 9.84 Å². The van der Waals surface area contributed by atoms with E-state index in [0.717, 1.165) is 19.3 Å². The first-order valence-corrected chi connectivity index (χ1v) is 6.35. The molecular weight excluding hydrogens is 262 g/mol. The van der Waals surface area contributed by atoms with E-state index in [9.17, 15) is 9.59 Å². The molecule has 0 aromatic carbocycles. The molecule has 2 amide bonds. The summed E-state index contributed by atoms with van der Waals surface area (Å²) >= 11 is 0. The van der Waals surface area contributed by atoms with Crippen molar-refractivity contribution in [3.05, 3.63) is 24.0 Å². The maximum Gasteiger partial charge on any atom is 0.356 e. The van der Waals surface area contributed by atoms with Crippen LogP contribution in [-0.4, -0.2) is 41.3 Å². The van der Waals surface area contributed by atoms with Gasteiger partial charge in [0, 0.05) is 19.9 Å². The van der Waals surface area contributed by atoms with E-state index in [2.05, 4.69) is 15.6 Å². The van der Waals surface area contributed by atoms with E-state index in [1.54, 1.807) is 13.2 Å². The molecule has 2 rings (SSSR count). The second-order valence-corrected chi connectivity index (χ2v) is 4.75. The Morgan fingerprint density at radius 2 is 2.25 bits per heavy atom. The predicted octanol–water partition coefficient (Wildman–Crippen LogP) is 1.47. The Labute approximate surface area is 116 Å². The Morgan fingerprint density at radius 3 is 2.80 bits per heavy atom.